The molecule has 0 spiro atoms. The highest BCUT2D eigenvalue weighted by atomic mass is 16.5. The summed E-state index contributed by atoms with van der Waals surface area (Å²) in [6, 6.07) is 7.12. The summed E-state index contributed by atoms with van der Waals surface area (Å²) >= 11 is 0. The number of rotatable bonds is 4. The van der Waals surface area contributed by atoms with E-state index < -0.39 is 0 Å². The molecule has 3 heteroatoms. The molecular formula is C13H16O3. The minimum Gasteiger partial charge on any atom is -0.508 e. The van der Waals surface area contributed by atoms with Gasteiger partial charge in [-0.25, -0.2) is 0 Å². The molecule has 0 amide bonds. The Kier molecular flexibility index (Phi) is 3.13. The van der Waals surface area contributed by atoms with Crippen molar-refractivity contribution in [1.82, 2.24) is 0 Å². The van der Waals surface area contributed by atoms with E-state index in [-0.39, 0.29) is 17.6 Å². The predicted molar refractivity (Wildman–Crippen MR) is 60.2 cm³/mol. The zero-order valence-electron chi connectivity index (χ0n) is 9.35. The van der Waals surface area contributed by atoms with Crippen LogP contribution in [0.4, 0.5) is 0 Å². The Morgan fingerprint density at radius 3 is 2.56 bits per heavy atom. The lowest BCUT2D eigenvalue weighted by atomic mass is 9.91. The molecule has 0 aromatic heterocycles. The zero-order valence-corrected chi connectivity index (χ0v) is 9.35. The minimum absolute atomic E-state index is 0.162. The Balaban J connectivity index is 2.12. The summed E-state index contributed by atoms with van der Waals surface area (Å²) < 4.78 is 4.72. The number of benzene rings is 1. The molecule has 3 nitrogen and oxygen atoms in total. The number of hydrogen-bond acceptors (Lipinski definition) is 3. The summed E-state index contributed by atoms with van der Waals surface area (Å²) in [5.41, 5.74) is 1.12. The number of phenols is 1. The summed E-state index contributed by atoms with van der Waals surface area (Å²) in [6.07, 6.45) is 2.80. The van der Waals surface area contributed by atoms with E-state index in [1.807, 2.05) is 12.1 Å². The molecule has 1 fully saturated rings. The number of phenolic OH excluding ortho intramolecular Hbond substituents is 1. The number of carbonyl (C=O) groups excluding carboxylic acids is 1. The van der Waals surface area contributed by atoms with Crippen LogP contribution in [0.15, 0.2) is 24.3 Å². The highest BCUT2D eigenvalue weighted by Gasteiger charge is 2.33. The van der Waals surface area contributed by atoms with Crippen molar-refractivity contribution in [1.29, 1.82) is 0 Å². The van der Waals surface area contributed by atoms with Gasteiger partial charge >= 0.3 is 5.97 Å². The minimum atomic E-state index is -0.162. The Morgan fingerprint density at radius 1 is 1.44 bits per heavy atom. The van der Waals surface area contributed by atoms with Gasteiger partial charge in [-0.2, -0.15) is 0 Å². The van der Waals surface area contributed by atoms with Crippen LogP contribution in [0.5, 0.6) is 5.75 Å². The van der Waals surface area contributed by atoms with E-state index in [1.54, 1.807) is 12.1 Å². The van der Waals surface area contributed by atoms with Gasteiger partial charge in [0.1, 0.15) is 5.75 Å². The van der Waals surface area contributed by atoms with Crippen molar-refractivity contribution in [2.75, 3.05) is 7.11 Å². The fourth-order valence-corrected chi connectivity index (χ4v) is 2.04. The van der Waals surface area contributed by atoms with Crippen LogP contribution in [0.2, 0.25) is 0 Å². The van der Waals surface area contributed by atoms with E-state index in [2.05, 4.69) is 0 Å². The molecule has 1 N–H and O–H groups in total. The van der Waals surface area contributed by atoms with Crippen molar-refractivity contribution < 1.29 is 14.6 Å². The lowest BCUT2D eigenvalue weighted by Gasteiger charge is -2.15. The van der Waals surface area contributed by atoms with Gasteiger partial charge in [-0.15, -0.1) is 0 Å². The second-order valence-corrected chi connectivity index (χ2v) is 4.32. The molecular weight excluding hydrogens is 204 g/mol. The first kappa shape index (κ1) is 11.0. The van der Waals surface area contributed by atoms with Crippen molar-refractivity contribution in [3.05, 3.63) is 29.8 Å². The maximum atomic E-state index is 11.3. The smallest absolute Gasteiger partial charge is 0.306 e. The van der Waals surface area contributed by atoms with Gasteiger partial charge in [0, 0.05) is 0 Å². The molecule has 0 heterocycles. The quantitative estimate of drug-likeness (QED) is 0.793. The molecule has 1 aromatic rings. The van der Waals surface area contributed by atoms with Gasteiger partial charge in [0.2, 0.25) is 0 Å². The fourth-order valence-electron chi connectivity index (χ4n) is 2.04. The van der Waals surface area contributed by atoms with E-state index in [1.165, 1.54) is 20.0 Å². The first-order valence-electron chi connectivity index (χ1n) is 5.56. The Hall–Kier alpha value is -1.51. The topological polar surface area (TPSA) is 46.5 Å². The number of carbonyl (C=O) groups is 1. The first-order valence-corrected chi connectivity index (χ1v) is 5.56. The lowest BCUT2D eigenvalue weighted by Crippen LogP contribution is -2.10. The van der Waals surface area contributed by atoms with Gasteiger partial charge in [0.25, 0.3) is 0 Å². The average molecular weight is 220 g/mol. The summed E-state index contributed by atoms with van der Waals surface area (Å²) in [5.74, 6) is 0.943. The fraction of sp³-hybridized carbons (Fsp3) is 0.462. The molecule has 1 aliphatic rings. The van der Waals surface area contributed by atoms with Crippen LogP contribution in [0.1, 0.15) is 30.7 Å². The van der Waals surface area contributed by atoms with Gasteiger partial charge in [0.05, 0.1) is 13.5 Å². The average Bonchev–Trinajstić information content (AvgIpc) is 3.11. The maximum absolute atomic E-state index is 11.3. The zero-order chi connectivity index (χ0) is 11.5. The monoisotopic (exact) mass is 220 g/mol. The summed E-state index contributed by atoms with van der Waals surface area (Å²) in [7, 11) is 1.42. The highest BCUT2D eigenvalue weighted by Crippen LogP contribution is 2.44. The molecule has 1 aliphatic carbocycles. The van der Waals surface area contributed by atoms with Crippen LogP contribution < -0.4 is 0 Å². The third-order valence-electron chi connectivity index (χ3n) is 3.13. The molecule has 0 radical (unpaired) electrons. The van der Waals surface area contributed by atoms with Crippen LogP contribution in [0.3, 0.4) is 0 Å². The lowest BCUT2D eigenvalue weighted by molar-refractivity contribution is -0.141. The number of aromatic hydroxyl groups is 1. The molecule has 1 aromatic carbocycles. The molecule has 16 heavy (non-hydrogen) atoms. The van der Waals surface area contributed by atoms with Crippen molar-refractivity contribution in [2.24, 2.45) is 5.92 Å². The van der Waals surface area contributed by atoms with Crippen molar-refractivity contribution in [2.45, 2.75) is 25.2 Å². The first-order chi connectivity index (χ1) is 7.70. The Bertz CT molecular complexity index is 365. The van der Waals surface area contributed by atoms with Gasteiger partial charge in [-0.1, -0.05) is 12.1 Å². The van der Waals surface area contributed by atoms with E-state index in [4.69, 9.17) is 4.74 Å². The molecule has 0 bridgehead atoms. The standard InChI is InChI=1S/C13H16O3/c1-16-13(15)8-12(9-2-3-9)10-4-6-11(14)7-5-10/h4-7,9,12,14H,2-3,8H2,1H3/t12-/m1/s1. The SMILES string of the molecule is COC(=O)C[C@@H](c1ccc(O)cc1)C1CC1. The number of methoxy groups -OCH3 is 1. The normalized spacial score (nSPS) is 16.8. The van der Waals surface area contributed by atoms with Crippen LogP contribution in [0.25, 0.3) is 0 Å². The molecule has 1 atom stereocenters. The van der Waals surface area contributed by atoms with Crippen molar-refractivity contribution in [3.63, 3.8) is 0 Å². The molecule has 2 rings (SSSR count). The predicted octanol–water partition coefficient (Wildman–Crippen LogP) is 2.45. The molecule has 0 saturated heterocycles. The van der Waals surface area contributed by atoms with Gasteiger partial charge in [0.15, 0.2) is 0 Å². The van der Waals surface area contributed by atoms with Gasteiger partial charge < -0.3 is 9.84 Å². The number of hydrogen-bond donors (Lipinski definition) is 1. The van der Waals surface area contributed by atoms with E-state index in [9.17, 15) is 9.90 Å². The van der Waals surface area contributed by atoms with Crippen LogP contribution in [0, 0.1) is 5.92 Å². The van der Waals surface area contributed by atoms with Crippen LogP contribution in [-0.2, 0) is 9.53 Å². The van der Waals surface area contributed by atoms with E-state index >= 15 is 0 Å². The summed E-state index contributed by atoms with van der Waals surface area (Å²) in [6.45, 7) is 0. The molecule has 1 saturated carbocycles. The highest BCUT2D eigenvalue weighted by molar-refractivity contribution is 5.70. The van der Waals surface area contributed by atoms with Crippen LogP contribution >= 0.6 is 0 Å². The second kappa shape index (κ2) is 4.56. The largest absolute Gasteiger partial charge is 0.508 e. The maximum Gasteiger partial charge on any atom is 0.306 e. The molecule has 86 valence electrons. The molecule has 0 aliphatic heterocycles. The van der Waals surface area contributed by atoms with Gasteiger partial charge in [-0.3, -0.25) is 4.79 Å². The third-order valence-corrected chi connectivity index (χ3v) is 3.13. The van der Waals surface area contributed by atoms with Crippen molar-refractivity contribution in [3.8, 4) is 5.75 Å². The summed E-state index contributed by atoms with van der Waals surface area (Å²) in [5, 5.41) is 9.23. The Morgan fingerprint density at radius 2 is 2.06 bits per heavy atom. The Labute approximate surface area is 95.0 Å². The van der Waals surface area contributed by atoms with Gasteiger partial charge in [-0.05, 0) is 42.4 Å². The second-order valence-electron chi connectivity index (χ2n) is 4.32. The van der Waals surface area contributed by atoms with Crippen LogP contribution in [-0.4, -0.2) is 18.2 Å². The third kappa shape index (κ3) is 2.54. The van der Waals surface area contributed by atoms with Crippen molar-refractivity contribution >= 4 is 5.97 Å². The summed E-state index contributed by atoms with van der Waals surface area (Å²) in [4.78, 5) is 11.3. The molecule has 0 unspecified atom stereocenters. The number of ether oxygens (including phenoxy) is 1. The van der Waals surface area contributed by atoms with E-state index in [0.29, 0.717) is 12.3 Å². The van der Waals surface area contributed by atoms with E-state index in [0.717, 1.165) is 5.56 Å². The number of esters is 1.